The number of fused-ring (bicyclic) bond motifs is 5. The number of alkyl halides is 1. The number of Topliss-reactive ketones (excluding diaryl/α,β-unsaturated/α-hetero) is 1. The summed E-state index contributed by atoms with van der Waals surface area (Å²) in [5.74, 6) is 0.516. The Morgan fingerprint density at radius 2 is 1.71 bits per heavy atom. The van der Waals surface area contributed by atoms with Crippen LogP contribution in [0.3, 0.4) is 0 Å². The van der Waals surface area contributed by atoms with E-state index in [9.17, 15) is 14.4 Å². The Morgan fingerprint density at radius 1 is 1.05 bits per heavy atom. The van der Waals surface area contributed by atoms with Gasteiger partial charge in [0.25, 0.3) is 0 Å². The predicted octanol–water partition coefficient (Wildman–Crippen LogP) is 7.20. The van der Waals surface area contributed by atoms with Crippen molar-refractivity contribution in [1.29, 1.82) is 0 Å². The molecule has 0 N–H and O–H groups in total. The molecule has 1 heterocycles. The molecule has 0 spiro atoms. The fourth-order valence-corrected chi connectivity index (χ4v) is 11.2. The maximum absolute atomic E-state index is 13.5. The number of rotatable bonds is 4. The number of allylic oxidation sites excluding steroid dienone is 1. The number of ether oxygens (including phenoxy) is 2. The molecule has 4 aliphatic carbocycles. The molecule has 5 nitrogen and oxygen atoms in total. The summed E-state index contributed by atoms with van der Waals surface area (Å²) in [5, 5.41) is 0. The van der Waals surface area contributed by atoms with Gasteiger partial charge in [-0.1, -0.05) is 61.0 Å². The number of carbonyl (C=O) groups excluding carboxylic acids is 3. The van der Waals surface area contributed by atoms with Crippen molar-refractivity contribution in [3.8, 4) is 0 Å². The second-order valence-corrected chi connectivity index (χ2v) is 16.8. The van der Waals surface area contributed by atoms with E-state index < -0.39 is 20.8 Å². The Hall–Kier alpha value is -1.01. The third-order valence-electron chi connectivity index (χ3n) is 12.7. The summed E-state index contributed by atoms with van der Waals surface area (Å²) in [4.78, 5) is 40.3. The van der Waals surface area contributed by atoms with Crippen molar-refractivity contribution < 1.29 is 23.9 Å². The van der Waals surface area contributed by atoms with E-state index in [4.69, 9.17) is 9.47 Å². The normalized spacial score (nSPS) is 48.8. The zero-order chi connectivity index (χ0) is 28.3. The number of hydrogen-bond acceptors (Lipinski definition) is 5. The monoisotopic (exact) mass is 590 g/mol. The van der Waals surface area contributed by atoms with Crippen LogP contribution in [-0.4, -0.2) is 35.3 Å². The quantitative estimate of drug-likeness (QED) is 0.196. The van der Waals surface area contributed by atoms with Crippen LogP contribution in [0, 0.1) is 44.3 Å². The highest BCUT2D eigenvalue weighted by Crippen LogP contribution is 2.75. The average molecular weight is 592 g/mol. The molecule has 5 rings (SSSR count). The molecular weight excluding hydrogens is 544 g/mol. The highest BCUT2D eigenvalue weighted by Gasteiger charge is 2.80. The molecule has 1 aliphatic heterocycles. The zero-order valence-electron chi connectivity index (χ0n) is 24.9. The third kappa shape index (κ3) is 3.53. The van der Waals surface area contributed by atoms with E-state index in [1.165, 1.54) is 7.11 Å². The molecule has 0 aromatic carbocycles. The molecule has 212 valence electrons. The van der Waals surface area contributed by atoms with Gasteiger partial charge >= 0.3 is 5.97 Å². The van der Waals surface area contributed by atoms with E-state index in [2.05, 4.69) is 71.3 Å². The summed E-state index contributed by atoms with van der Waals surface area (Å²) < 4.78 is 10.7. The smallest absolute Gasteiger partial charge is 0.312 e. The van der Waals surface area contributed by atoms with Gasteiger partial charge in [-0.15, -0.1) is 0 Å². The van der Waals surface area contributed by atoms with Crippen molar-refractivity contribution in [2.75, 3.05) is 7.11 Å². The van der Waals surface area contributed by atoms with Gasteiger partial charge in [-0.2, -0.15) is 0 Å². The first kappa shape index (κ1) is 28.5. The van der Waals surface area contributed by atoms with Gasteiger partial charge in [0.2, 0.25) is 4.51 Å². The lowest BCUT2D eigenvalue weighted by molar-refractivity contribution is -0.163. The third-order valence-corrected chi connectivity index (χ3v) is 13.6. The van der Waals surface area contributed by atoms with Crippen LogP contribution in [-0.2, 0) is 23.9 Å². The van der Waals surface area contributed by atoms with Crippen molar-refractivity contribution in [2.24, 2.45) is 44.3 Å². The molecule has 0 bridgehead atoms. The molecule has 4 fully saturated rings. The molecular formula is C32H47BrO5. The standard InChI is InChI=1S/C32H47BrO5/c1-19-17-26(2,3)12-14-31(19,25(36)37-9)15-13-28(6)18-20(34)16-22-29(28,7)11-10-21-27(4,5)23(35)32(33)24(38-32)30(21,22)8/h16,19,21,24H,10-15,17-18H2,1-9H3/t19?,21-,24+,28+,29+,30-,31-,32-/m0/s1. The summed E-state index contributed by atoms with van der Waals surface area (Å²) in [6.45, 7) is 17.8. The molecule has 0 aromatic rings. The summed E-state index contributed by atoms with van der Waals surface area (Å²) in [6, 6.07) is 0. The van der Waals surface area contributed by atoms with Crippen LogP contribution in [0.5, 0.6) is 0 Å². The van der Waals surface area contributed by atoms with Crippen LogP contribution >= 0.6 is 15.9 Å². The van der Waals surface area contributed by atoms with Gasteiger partial charge in [0.1, 0.15) is 6.10 Å². The van der Waals surface area contributed by atoms with E-state index >= 15 is 0 Å². The van der Waals surface area contributed by atoms with Crippen LogP contribution in [0.25, 0.3) is 0 Å². The van der Waals surface area contributed by atoms with E-state index in [0.717, 1.165) is 50.5 Å². The number of carbonyl (C=O) groups is 3. The number of methoxy groups -OCH3 is 1. The minimum atomic E-state index is -0.947. The predicted molar refractivity (Wildman–Crippen MR) is 151 cm³/mol. The Balaban J connectivity index is 1.52. The number of hydrogen-bond donors (Lipinski definition) is 0. The minimum Gasteiger partial charge on any atom is -0.469 e. The number of halogens is 1. The molecule has 3 saturated carbocycles. The van der Waals surface area contributed by atoms with Crippen LogP contribution < -0.4 is 0 Å². The van der Waals surface area contributed by atoms with E-state index in [-0.39, 0.29) is 51.7 Å². The lowest BCUT2D eigenvalue weighted by Crippen LogP contribution is -2.62. The van der Waals surface area contributed by atoms with Gasteiger partial charge in [-0.3, -0.25) is 14.4 Å². The molecule has 6 heteroatoms. The first-order valence-electron chi connectivity index (χ1n) is 14.6. The number of ketones is 2. The molecule has 5 aliphatic rings. The first-order valence-corrected chi connectivity index (χ1v) is 15.4. The minimum absolute atomic E-state index is 0.0918. The van der Waals surface area contributed by atoms with E-state index in [0.29, 0.717) is 6.42 Å². The SMILES string of the molecule is COC(=O)[C@]1(CC[C@]2(C)CC(=O)C=C3[C@@]4(C)[C@H]5O[C@@]5(Br)C(=O)C(C)(C)[C@@H]4CC[C@]32C)CCC(C)(C)CC1C. The van der Waals surface area contributed by atoms with Crippen molar-refractivity contribution in [3.63, 3.8) is 0 Å². The highest BCUT2D eigenvalue weighted by molar-refractivity contribution is 9.10. The fraction of sp³-hybridized carbons (Fsp3) is 0.844. The van der Waals surface area contributed by atoms with Crippen LogP contribution in [0.4, 0.5) is 0 Å². The van der Waals surface area contributed by atoms with Gasteiger partial charge in [0, 0.05) is 17.3 Å². The Bertz CT molecular complexity index is 1120. The molecule has 0 amide bonds. The molecule has 0 aromatic heterocycles. The highest BCUT2D eigenvalue weighted by atomic mass is 79.9. The molecule has 1 unspecified atom stereocenters. The van der Waals surface area contributed by atoms with E-state index in [1.807, 2.05) is 6.08 Å². The van der Waals surface area contributed by atoms with E-state index in [1.54, 1.807) is 0 Å². The maximum atomic E-state index is 13.5. The summed E-state index contributed by atoms with van der Waals surface area (Å²) in [5.41, 5.74) is -0.622. The van der Waals surface area contributed by atoms with Crippen LogP contribution in [0.2, 0.25) is 0 Å². The van der Waals surface area contributed by atoms with Gasteiger partial charge < -0.3 is 9.47 Å². The van der Waals surface area contributed by atoms with Gasteiger partial charge in [0.15, 0.2) is 11.6 Å². The second-order valence-electron chi connectivity index (χ2n) is 15.6. The largest absolute Gasteiger partial charge is 0.469 e. The van der Waals surface area contributed by atoms with Crippen molar-refractivity contribution in [3.05, 3.63) is 11.6 Å². The summed E-state index contributed by atoms with van der Waals surface area (Å²) in [7, 11) is 1.51. The van der Waals surface area contributed by atoms with Crippen molar-refractivity contribution in [2.45, 2.75) is 117 Å². The average Bonchev–Trinajstić information content (AvgIpc) is 3.52. The Labute approximate surface area is 237 Å². The molecule has 8 atom stereocenters. The summed E-state index contributed by atoms with van der Waals surface area (Å²) >= 11 is 3.68. The fourth-order valence-electron chi connectivity index (χ4n) is 10.0. The van der Waals surface area contributed by atoms with Crippen molar-refractivity contribution >= 4 is 33.5 Å². The Morgan fingerprint density at radius 3 is 2.32 bits per heavy atom. The summed E-state index contributed by atoms with van der Waals surface area (Å²) in [6.07, 6.45) is 8.33. The Kier molecular flexibility index (Phi) is 6.21. The molecule has 1 saturated heterocycles. The van der Waals surface area contributed by atoms with Crippen LogP contribution in [0.1, 0.15) is 107 Å². The molecule has 0 radical (unpaired) electrons. The van der Waals surface area contributed by atoms with Gasteiger partial charge in [0.05, 0.1) is 12.5 Å². The van der Waals surface area contributed by atoms with Gasteiger partial charge in [-0.25, -0.2) is 0 Å². The lowest BCUT2D eigenvalue weighted by atomic mass is 9.39. The molecule has 38 heavy (non-hydrogen) atoms. The first-order chi connectivity index (χ1) is 17.3. The van der Waals surface area contributed by atoms with Crippen LogP contribution in [0.15, 0.2) is 11.6 Å². The second kappa shape index (κ2) is 8.27. The lowest BCUT2D eigenvalue weighted by Gasteiger charge is -2.63. The van der Waals surface area contributed by atoms with Gasteiger partial charge in [-0.05, 0) is 95.0 Å². The maximum Gasteiger partial charge on any atom is 0.312 e. The topological polar surface area (TPSA) is 73.0 Å². The number of esters is 1. The zero-order valence-corrected chi connectivity index (χ0v) is 26.5. The van der Waals surface area contributed by atoms with Crippen molar-refractivity contribution in [1.82, 2.24) is 0 Å². The number of epoxide rings is 1.